The Kier molecular flexibility index (Phi) is 4.52. The van der Waals surface area contributed by atoms with Crippen molar-refractivity contribution >= 4 is 17.3 Å². The Morgan fingerprint density at radius 2 is 2.00 bits per heavy atom. The van der Waals surface area contributed by atoms with Crippen LogP contribution in [0.5, 0.6) is 17.2 Å². The summed E-state index contributed by atoms with van der Waals surface area (Å²) in [5.74, 6) is 1.90. The number of carbonyl (C=O) groups is 1. The number of rotatable bonds is 6. The molecule has 6 heteroatoms. The molecule has 23 heavy (non-hydrogen) atoms. The molecule has 120 valence electrons. The molecule has 0 aromatic heterocycles. The molecule has 0 fully saturated rings. The Morgan fingerprint density at radius 1 is 1.17 bits per heavy atom. The van der Waals surface area contributed by atoms with E-state index in [9.17, 15) is 4.79 Å². The molecule has 0 atom stereocenters. The number of anilines is 2. The lowest BCUT2D eigenvalue weighted by atomic mass is 10.2. The van der Waals surface area contributed by atoms with Crippen LogP contribution in [-0.4, -0.2) is 19.3 Å². The van der Waals surface area contributed by atoms with Gasteiger partial charge in [0.05, 0.1) is 12.3 Å². The first-order valence-electron chi connectivity index (χ1n) is 7.39. The lowest BCUT2D eigenvalue weighted by molar-refractivity contribution is -0.116. The zero-order valence-corrected chi connectivity index (χ0v) is 12.6. The Labute approximate surface area is 134 Å². The standard InChI is InChI=1S/C17H18N2O4/c18-13-4-1-2-5-14(13)21-9-3-6-17(20)19-12-7-8-15-16(10-12)23-11-22-15/h1-2,4-5,7-8,10H,3,6,9,11,18H2,(H,19,20). The summed E-state index contributed by atoms with van der Waals surface area (Å²) in [7, 11) is 0. The van der Waals surface area contributed by atoms with Gasteiger partial charge in [-0.3, -0.25) is 4.79 Å². The van der Waals surface area contributed by atoms with Crippen molar-refractivity contribution in [1.29, 1.82) is 0 Å². The summed E-state index contributed by atoms with van der Waals surface area (Å²) in [5, 5.41) is 2.83. The van der Waals surface area contributed by atoms with E-state index in [4.69, 9.17) is 19.9 Å². The number of ether oxygens (including phenoxy) is 3. The minimum absolute atomic E-state index is 0.0755. The fraction of sp³-hybridized carbons (Fsp3) is 0.235. The van der Waals surface area contributed by atoms with Crippen LogP contribution in [0, 0.1) is 0 Å². The van der Waals surface area contributed by atoms with E-state index in [1.54, 1.807) is 24.3 Å². The van der Waals surface area contributed by atoms with Gasteiger partial charge < -0.3 is 25.3 Å². The van der Waals surface area contributed by atoms with Crippen molar-refractivity contribution in [2.75, 3.05) is 24.5 Å². The van der Waals surface area contributed by atoms with Gasteiger partial charge in [0.2, 0.25) is 12.7 Å². The number of benzene rings is 2. The van der Waals surface area contributed by atoms with Gasteiger partial charge in [-0.2, -0.15) is 0 Å². The van der Waals surface area contributed by atoms with Crippen LogP contribution in [0.2, 0.25) is 0 Å². The van der Waals surface area contributed by atoms with Crippen molar-refractivity contribution in [3.8, 4) is 17.2 Å². The van der Waals surface area contributed by atoms with E-state index in [1.165, 1.54) is 0 Å². The maximum absolute atomic E-state index is 11.9. The van der Waals surface area contributed by atoms with Gasteiger partial charge in [-0.05, 0) is 30.7 Å². The van der Waals surface area contributed by atoms with Gasteiger partial charge in [0.1, 0.15) is 5.75 Å². The zero-order valence-electron chi connectivity index (χ0n) is 12.6. The number of hydrogen-bond acceptors (Lipinski definition) is 5. The van der Waals surface area contributed by atoms with E-state index in [0.717, 1.165) is 0 Å². The zero-order chi connectivity index (χ0) is 16.1. The summed E-state index contributed by atoms with van der Waals surface area (Å²) in [6.45, 7) is 0.648. The second-order valence-electron chi connectivity index (χ2n) is 5.11. The second kappa shape index (κ2) is 6.91. The number of nitrogens with two attached hydrogens (primary N) is 1. The maximum atomic E-state index is 11.9. The van der Waals surface area contributed by atoms with Gasteiger partial charge in [-0.25, -0.2) is 0 Å². The maximum Gasteiger partial charge on any atom is 0.231 e. The highest BCUT2D eigenvalue weighted by Crippen LogP contribution is 2.34. The molecular formula is C17H18N2O4. The molecule has 0 saturated heterocycles. The van der Waals surface area contributed by atoms with Crippen molar-refractivity contribution in [1.82, 2.24) is 0 Å². The SMILES string of the molecule is Nc1ccccc1OCCCC(=O)Nc1ccc2c(c1)OCO2. The van der Waals surface area contributed by atoms with E-state index < -0.39 is 0 Å². The van der Waals surface area contributed by atoms with Crippen LogP contribution in [-0.2, 0) is 4.79 Å². The van der Waals surface area contributed by atoms with Crippen molar-refractivity contribution in [3.05, 3.63) is 42.5 Å². The number of hydrogen-bond donors (Lipinski definition) is 2. The molecule has 0 unspecified atom stereocenters. The molecule has 1 aliphatic rings. The fourth-order valence-electron chi connectivity index (χ4n) is 2.22. The van der Waals surface area contributed by atoms with Crippen LogP contribution >= 0.6 is 0 Å². The number of fused-ring (bicyclic) bond motifs is 1. The summed E-state index contributed by atoms with van der Waals surface area (Å²) >= 11 is 0. The van der Waals surface area contributed by atoms with E-state index in [2.05, 4.69) is 5.32 Å². The molecule has 1 aliphatic heterocycles. The first kappa shape index (κ1) is 15.0. The minimum atomic E-state index is -0.0755. The molecule has 0 bridgehead atoms. The number of nitrogen functional groups attached to an aromatic ring is 1. The highest BCUT2D eigenvalue weighted by molar-refractivity contribution is 5.91. The summed E-state index contributed by atoms with van der Waals surface area (Å²) < 4.78 is 16.1. The summed E-state index contributed by atoms with van der Waals surface area (Å²) in [6.07, 6.45) is 0.964. The average molecular weight is 314 g/mol. The van der Waals surface area contributed by atoms with Crippen LogP contribution in [0.1, 0.15) is 12.8 Å². The van der Waals surface area contributed by atoms with Crippen molar-refractivity contribution < 1.29 is 19.0 Å². The lowest BCUT2D eigenvalue weighted by Crippen LogP contribution is -2.12. The highest BCUT2D eigenvalue weighted by Gasteiger charge is 2.14. The fourth-order valence-corrected chi connectivity index (χ4v) is 2.22. The average Bonchev–Trinajstić information content (AvgIpc) is 3.01. The topological polar surface area (TPSA) is 82.8 Å². The third kappa shape index (κ3) is 3.85. The third-order valence-corrected chi connectivity index (χ3v) is 3.38. The van der Waals surface area contributed by atoms with Crippen LogP contribution in [0.15, 0.2) is 42.5 Å². The van der Waals surface area contributed by atoms with Crippen LogP contribution in [0.3, 0.4) is 0 Å². The van der Waals surface area contributed by atoms with Gasteiger partial charge in [0.25, 0.3) is 0 Å². The van der Waals surface area contributed by atoms with E-state index >= 15 is 0 Å². The summed E-state index contributed by atoms with van der Waals surface area (Å²) in [5.41, 5.74) is 7.07. The highest BCUT2D eigenvalue weighted by atomic mass is 16.7. The predicted octanol–water partition coefficient (Wildman–Crippen LogP) is 2.80. The van der Waals surface area contributed by atoms with Crippen LogP contribution in [0.4, 0.5) is 11.4 Å². The number of amides is 1. The van der Waals surface area contributed by atoms with E-state index in [0.29, 0.717) is 48.1 Å². The van der Waals surface area contributed by atoms with Gasteiger partial charge in [-0.15, -0.1) is 0 Å². The molecule has 1 amide bonds. The van der Waals surface area contributed by atoms with Crippen molar-refractivity contribution in [2.45, 2.75) is 12.8 Å². The number of carbonyl (C=O) groups excluding carboxylic acids is 1. The lowest BCUT2D eigenvalue weighted by Gasteiger charge is -2.09. The Morgan fingerprint density at radius 3 is 2.87 bits per heavy atom. The smallest absolute Gasteiger partial charge is 0.231 e. The number of nitrogens with one attached hydrogen (secondary N) is 1. The van der Waals surface area contributed by atoms with Gasteiger partial charge >= 0.3 is 0 Å². The third-order valence-electron chi connectivity index (χ3n) is 3.38. The molecule has 0 radical (unpaired) electrons. The summed E-state index contributed by atoms with van der Waals surface area (Å²) in [6, 6.07) is 12.6. The van der Waals surface area contributed by atoms with Crippen LogP contribution < -0.4 is 25.3 Å². The molecule has 3 rings (SSSR count). The molecular weight excluding hydrogens is 296 g/mol. The van der Waals surface area contributed by atoms with Gasteiger partial charge in [0.15, 0.2) is 11.5 Å². The normalized spacial score (nSPS) is 12.0. The molecule has 0 saturated carbocycles. The molecule has 6 nitrogen and oxygen atoms in total. The van der Waals surface area contributed by atoms with Crippen molar-refractivity contribution in [2.24, 2.45) is 0 Å². The quantitative estimate of drug-likeness (QED) is 0.633. The van der Waals surface area contributed by atoms with Gasteiger partial charge in [0, 0.05) is 18.2 Å². The van der Waals surface area contributed by atoms with E-state index in [1.807, 2.05) is 18.2 Å². The first-order chi connectivity index (χ1) is 11.2. The Balaban J connectivity index is 1.42. The van der Waals surface area contributed by atoms with Crippen molar-refractivity contribution in [3.63, 3.8) is 0 Å². The van der Waals surface area contributed by atoms with E-state index in [-0.39, 0.29) is 12.7 Å². The molecule has 0 aliphatic carbocycles. The second-order valence-corrected chi connectivity index (χ2v) is 5.11. The minimum Gasteiger partial charge on any atom is -0.491 e. The Bertz CT molecular complexity index is 703. The molecule has 2 aromatic carbocycles. The molecule has 3 N–H and O–H groups in total. The number of para-hydroxylation sites is 2. The van der Waals surface area contributed by atoms with Crippen LogP contribution in [0.25, 0.3) is 0 Å². The first-order valence-corrected chi connectivity index (χ1v) is 7.39. The monoisotopic (exact) mass is 314 g/mol. The predicted molar refractivity (Wildman–Crippen MR) is 86.8 cm³/mol. The summed E-state index contributed by atoms with van der Waals surface area (Å²) in [4.78, 5) is 11.9. The largest absolute Gasteiger partial charge is 0.491 e. The molecule has 1 heterocycles. The molecule has 2 aromatic rings. The Hall–Kier alpha value is -2.89. The van der Waals surface area contributed by atoms with Gasteiger partial charge in [-0.1, -0.05) is 12.1 Å². The molecule has 0 spiro atoms.